The van der Waals surface area contributed by atoms with E-state index in [9.17, 15) is 4.39 Å². The zero-order valence-corrected chi connectivity index (χ0v) is 12.6. The Balaban J connectivity index is 1.86. The molecule has 0 amide bonds. The van der Waals surface area contributed by atoms with Crippen LogP contribution in [-0.4, -0.2) is 50.2 Å². The normalized spacial score (nSPS) is 18.2. The zero-order valence-electron chi connectivity index (χ0n) is 12.6. The maximum absolute atomic E-state index is 13.0. The van der Waals surface area contributed by atoms with E-state index in [1.165, 1.54) is 6.42 Å². The molecule has 1 aromatic carbocycles. The van der Waals surface area contributed by atoms with Crippen LogP contribution >= 0.6 is 0 Å². The first-order chi connectivity index (χ1) is 9.74. The molecular formula is C16H26FN3. The topological polar surface area (TPSA) is 18.5 Å². The Kier molecular flexibility index (Phi) is 5.80. The van der Waals surface area contributed by atoms with Crippen molar-refractivity contribution in [3.63, 3.8) is 0 Å². The molecule has 0 radical (unpaired) electrons. The summed E-state index contributed by atoms with van der Waals surface area (Å²) in [6, 6.07) is 7.47. The quantitative estimate of drug-likeness (QED) is 0.862. The van der Waals surface area contributed by atoms with Gasteiger partial charge < -0.3 is 10.2 Å². The summed E-state index contributed by atoms with van der Waals surface area (Å²) in [5.41, 5.74) is 1.13. The first-order valence-corrected chi connectivity index (χ1v) is 7.69. The Morgan fingerprint density at radius 2 is 1.75 bits per heavy atom. The second-order valence-electron chi connectivity index (χ2n) is 5.37. The van der Waals surface area contributed by atoms with Crippen molar-refractivity contribution in [3.05, 3.63) is 30.1 Å². The van der Waals surface area contributed by atoms with E-state index >= 15 is 0 Å². The van der Waals surface area contributed by atoms with Crippen LogP contribution in [0, 0.1) is 5.82 Å². The minimum atomic E-state index is -0.163. The van der Waals surface area contributed by atoms with Crippen molar-refractivity contribution in [1.29, 1.82) is 0 Å². The van der Waals surface area contributed by atoms with Gasteiger partial charge in [0.2, 0.25) is 0 Å². The number of rotatable bonds is 6. The summed E-state index contributed by atoms with van der Waals surface area (Å²) >= 11 is 0. The van der Waals surface area contributed by atoms with Crippen molar-refractivity contribution in [3.8, 4) is 0 Å². The van der Waals surface area contributed by atoms with E-state index in [0.29, 0.717) is 6.04 Å². The summed E-state index contributed by atoms with van der Waals surface area (Å²) in [7, 11) is 0. The molecule has 1 fully saturated rings. The number of likely N-dealkylation sites (N-methyl/N-ethyl adjacent to an activating group) is 1. The molecule has 1 heterocycles. The van der Waals surface area contributed by atoms with Gasteiger partial charge in [0.05, 0.1) is 0 Å². The van der Waals surface area contributed by atoms with Gasteiger partial charge in [-0.25, -0.2) is 4.39 Å². The molecule has 1 aromatic rings. The van der Waals surface area contributed by atoms with Crippen molar-refractivity contribution in [1.82, 2.24) is 10.2 Å². The first-order valence-electron chi connectivity index (χ1n) is 7.69. The maximum Gasteiger partial charge on any atom is 0.123 e. The number of hydrogen-bond acceptors (Lipinski definition) is 3. The lowest BCUT2D eigenvalue weighted by atomic mass is 10.1. The molecule has 1 saturated heterocycles. The van der Waals surface area contributed by atoms with Gasteiger partial charge in [0.25, 0.3) is 0 Å². The summed E-state index contributed by atoms with van der Waals surface area (Å²) in [6.07, 6.45) is 1.18. The molecule has 2 rings (SSSR count). The molecule has 1 N–H and O–H groups in total. The molecule has 4 heteroatoms. The Bertz CT molecular complexity index is 385. The SMILES string of the molecule is CCNCC(CC)N1CCN(c2ccc(F)cc2)CC1. The molecule has 112 valence electrons. The number of nitrogens with one attached hydrogen (secondary N) is 1. The van der Waals surface area contributed by atoms with Crippen molar-refractivity contribution in [2.75, 3.05) is 44.2 Å². The van der Waals surface area contributed by atoms with Crippen molar-refractivity contribution in [2.24, 2.45) is 0 Å². The van der Waals surface area contributed by atoms with E-state index < -0.39 is 0 Å². The number of anilines is 1. The number of nitrogens with zero attached hydrogens (tertiary/aromatic N) is 2. The zero-order chi connectivity index (χ0) is 14.4. The van der Waals surface area contributed by atoms with E-state index in [2.05, 4.69) is 29.0 Å². The van der Waals surface area contributed by atoms with Crippen LogP contribution in [0.5, 0.6) is 0 Å². The van der Waals surface area contributed by atoms with Gasteiger partial charge in [0.1, 0.15) is 5.82 Å². The highest BCUT2D eigenvalue weighted by Crippen LogP contribution is 2.18. The highest BCUT2D eigenvalue weighted by molar-refractivity contribution is 5.46. The molecule has 0 aliphatic carbocycles. The van der Waals surface area contributed by atoms with Gasteiger partial charge in [-0.05, 0) is 37.2 Å². The molecule has 20 heavy (non-hydrogen) atoms. The van der Waals surface area contributed by atoms with Crippen LogP contribution in [0.25, 0.3) is 0 Å². The molecule has 3 nitrogen and oxygen atoms in total. The fraction of sp³-hybridized carbons (Fsp3) is 0.625. The molecule has 1 aliphatic heterocycles. The van der Waals surface area contributed by atoms with Gasteiger partial charge >= 0.3 is 0 Å². The maximum atomic E-state index is 13.0. The van der Waals surface area contributed by atoms with Gasteiger partial charge in [-0.2, -0.15) is 0 Å². The molecule has 1 atom stereocenters. The van der Waals surface area contributed by atoms with E-state index in [1.807, 2.05) is 12.1 Å². The third kappa shape index (κ3) is 3.93. The standard InChI is InChI=1S/C16H26FN3/c1-3-15(13-18-4-2)19-9-11-20(12-10-19)16-7-5-14(17)6-8-16/h5-8,15,18H,3-4,9-13H2,1-2H3. The van der Waals surface area contributed by atoms with Crippen LogP contribution in [0.2, 0.25) is 0 Å². The fourth-order valence-electron chi connectivity index (χ4n) is 2.84. The number of hydrogen-bond donors (Lipinski definition) is 1. The minimum absolute atomic E-state index is 0.163. The van der Waals surface area contributed by atoms with E-state index in [-0.39, 0.29) is 5.82 Å². The van der Waals surface area contributed by atoms with Gasteiger partial charge in [0.15, 0.2) is 0 Å². The number of benzene rings is 1. The number of halogens is 1. The average molecular weight is 279 g/mol. The van der Waals surface area contributed by atoms with Gasteiger partial charge in [-0.3, -0.25) is 4.90 Å². The van der Waals surface area contributed by atoms with E-state index in [4.69, 9.17) is 0 Å². The average Bonchev–Trinajstić information content (AvgIpc) is 2.49. The molecule has 0 spiro atoms. The Morgan fingerprint density at radius 3 is 2.30 bits per heavy atom. The van der Waals surface area contributed by atoms with Crippen LogP contribution in [0.4, 0.5) is 10.1 Å². The van der Waals surface area contributed by atoms with Crippen LogP contribution in [-0.2, 0) is 0 Å². The van der Waals surface area contributed by atoms with Crippen molar-refractivity contribution < 1.29 is 4.39 Å². The van der Waals surface area contributed by atoms with Gasteiger partial charge in [0, 0.05) is 44.5 Å². The van der Waals surface area contributed by atoms with Gasteiger partial charge in [-0.1, -0.05) is 13.8 Å². The monoisotopic (exact) mass is 279 g/mol. The van der Waals surface area contributed by atoms with Crippen LogP contribution in [0.3, 0.4) is 0 Å². The van der Waals surface area contributed by atoms with Crippen LogP contribution in [0.1, 0.15) is 20.3 Å². The Labute approximate surface area is 121 Å². The van der Waals surface area contributed by atoms with Crippen LogP contribution < -0.4 is 10.2 Å². The lowest BCUT2D eigenvalue weighted by molar-refractivity contribution is 0.177. The summed E-state index contributed by atoms with van der Waals surface area (Å²) in [4.78, 5) is 4.92. The molecule has 1 aliphatic rings. The number of piperazine rings is 1. The molecule has 1 unspecified atom stereocenters. The highest BCUT2D eigenvalue weighted by Gasteiger charge is 2.22. The smallest absolute Gasteiger partial charge is 0.123 e. The molecular weight excluding hydrogens is 253 g/mol. The summed E-state index contributed by atoms with van der Waals surface area (Å²) < 4.78 is 13.0. The molecule has 0 bridgehead atoms. The van der Waals surface area contributed by atoms with E-state index in [0.717, 1.165) is 45.0 Å². The Hall–Kier alpha value is -1.13. The second kappa shape index (κ2) is 7.60. The summed E-state index contributed by atoms with van der Waals surface area (Å²) in [5.74, 6) is -0.163. The fourth-order valence-corrected chi connectivity index (χ4v) is 2.84. The lowest BCUT2D eigenvalue weighted by Crippen LogP contribution is -2.52. The first kappa shape index (κ1) is 15.3. The third-order valence-electron chi connectivity index (χ3n) is 4.12. The molecule has 0 saturated carbocycles. The largest absolute Gasteiger partial charge is 0.369 e. The third-order valence-corrected chi connectivity index (χ3v) is 4.12. The predicted molar refractivity (Wildman–Crippen MR) is 82.8 cm³/mol. The predicted octanol–water partition coefficient (Wildman–Crippen LogP) is 2.34. The molecule has 0 aromatic heterocycles. The second-order valence-corrected chi connectivity index (χ2v) is 5.37. The van der Waals surface area contributed by atoms with Crippen molar-refractivity contribution >= 4 is 5.69 Å². The summed E-state index contributed by atoms with van der Waals surface area (Å²) in [5, 5.41) is 3.45. The highest BCUT2D eigenvalue weighted by atomic mass is 19.1. The van der Waals surface area contributed by atoms with E-state index in [1.54, 1.807) is 12.1 Å². The van der Waals surface area contributed by atoms with Crippen LogP contribution in [0.15, 0.2) is 24.3 Å². The van der Waals surface area contributed by atoms with Crippen molar-refractivity contribution in [2.45, 2.75) is 26.3 Å². The van der Waals surface area contributed by atoms with Gasteiger partial charge in [-0.15, -0.1) is 0 Å². The Morgan fingerprint density at radius 1 is 1.10 bits per heavy atom. The summed E-state index contributed by atoms with van der Waals surface area (Å²) in [6.45, 7) is 10.7. The lowest BCUT2D eigenvalue weighted by Gasteiger charge is -2.40. The minimum Gasteiger partial charge on any atom is -0.369 e.